The van der Waals surface area contributed by atoms with Gasteiger partial charge in [0.15, 0.2) is 0 Å². The summed E-state index contributed by atoms with van der Waals surface area (Å²) in [5.74, 6) is 0.111. The Labute approximate surface area is 145 Å². The van der Waals surface area contributed by atoms with E-state index in [-0.39, 0.29) is 24.1 Å². The Hall–Kier alpha value is -2.96. The third-order valence-electron chi connectivity index (χ3n) is 4.04. The molecule has 0 aliphatic heterocycles. The number of amides is 1. The zero-order valence-electron chi connectivity index (χ0n) is 14.2. The molecule has 132 valence electrons. The van der Waals surface area contributed by atoms with Crippen LogP contribution in [0.25, 0.3) is 0 Å². The van der Waals surface area contributed by atoms with E-state index < -0.39 is 10.5 Å². The predicted octanol–water partition coefficient (Wildman–Crippen LogP) is 2.31. The average Bonchev–Trinajstić information content (AvgIpc) is 2.57. The van der Waals surface area contributed by atoms with E-state index in [1.54, 1.807) is 0 Å². The Morgan fingerprint density at radius 3 is 2.48 bits per heavy atom. The topological polar surface area (TPSA) is 94.2 Å². The summed E-state index contributed by atoms with van der Waals surface area (Å²) < 4.78 is 1.04. The molecule has 1 aromatic carbocycles. The van der Waals surface area contributed by atoms with E-state index in [0.29, 0.717) is 12.5 Å². The molecule has 7 nitrogen and oxygen atoms in total. The lowest BCUT2D eigenvalue weighted by Gasteiger charge is -2.22. The van der Waals surface area contributed by atoms with Gasteiger partial charge in [-0.25, -0.2) is 0 Å². The summed E-state index contributed by atoms with van der Waals surface area (Å²) in [6.45, 7) is 4.34. The molecule has 2 aromatic rings. The van der Waals surface area contributed by atoms with Crippen LogP contribution >= 0.6 is 0 Å². The molecular weight excluding hydrogens is 322 g/mol. The van der Waals surface area contributed by atoms with Gasteiger partial charge in [0, 0.05) is 24.6 Å². The van der Waals surface area contributed by atoms with Crippen LogP contribution in [0.15, 0.2) is 53.5 Å². The van der Waals surface area contributed by atoms with Crippen LogP contribution in [0.2, 0.25) is 0 Å². The minimum atomic E-state index is -0.599. The van der Waals surface area contributed by atoms with Gasteiger partial charge < -0.3 is 5.32 Å². The molecule has 0 saturated carbocycles. The number of nitro groups is 1. The minimum absolute atomic E-state index is 0.145. The first-order chi connectivity index (χ1) is 11.9. The van der Waals surface area contributed by atoms with Crippen molar-refractivity contribution >= 4 is 11.6 Å². The highest BCUT2D eigenvalue weighted by atomic mass is 16.6. The third kappa shape index (κ3) is 5.00. The summed E-state index contributed by atoms with van der Waals surface area (Å²) in [6, 6.07) is 12.1. The molecule has 0 fully saturated rings. The van der Waals surface area contributed by atoms with Gasteiger partial charge in [-0.05, 0) is 11.5 Å². The Morgan fingerprint density at radius 2 is 1.88 bits per heavy atom. The number of hydrogen-bond acceptors (Lipinski definition) is 4. The molecule has 0 saturated heterocycles. The van der Waals surface area contributed by atoms with Crippen LogP contribution in [-0.4, -0.2) is 21.9 Å². The number of rotatable bonds is 7. The number of hydrogen-bond donors (Lipinski definition) is 1. The Kier molecular flexibility index (Phi) is 6.05. The van der Waals surface area contributed by atoms with Crippen molar-refractivity contribution < 1.29 is 9.72 Å². The van der Waals surface area contributed by atoms with Crippen molar-refractivity contribution in [1.29, 1.82) is 0 Å². The lowest BCUT2D eigenvalue weighted by Crippen LogP contribution is -2.35. The van der Waals surface area contributed by atoms with E-state index in [9.17, 15) is 19.7 Å². The normalized spacial score (nSPS) is 12.0. The Bertz CT molecular complexity index is 799. The number of aromatic nitrogens is 1. The fourth-order valence-corrected chi connectivity index (χ4v) is 2.62. The molecule has 7 heteroatoms. The molecule has 1 atom stereocenters. The van der Waals surface area contributed by atoms with E-state index >= 15 is 0 Å². The van der Waals surface area contributed by atoms with E-state index in [1.807, 2.05) is 30.3 Å². The first-order valence-corrected chi connectivity index (χ1v) is 8.05. The number of benzene rings is 1. The minimum Gasteiger partial charge on any atom is -0.354 e. The molecule has 0 aliphatic carbocycles. The largest absolute Gasteiger partial charge is 0.354 e. The van der Waals surface area contributed by atoms with Crippen LogP contribution in [0.1, 0.15) is 25.3 Å². The van der Waals surface area contributed by atoms with Gasteiger partial charge in [-0.1, -0.05) is 44.2 Å². The van der Waals surface area contributed by atoms with Gasteiger partial charge in [0.05, 0.1) is 11.1 Å². The third-order valence-corrected chi connectivity index (χ3v) is 4.04. The molecule has 0 radical (unpaired) electrons. The second kappa shape index (κ2) is 8.23. The second-order valence-corrected chi connectivity index (χ2v) is 6.18. The lowest BCUT2D eigenvalue weighted by atomic mass is 9.88. The fourth-order valence-electron chi connectivity index (χ4n) is 2.62. The summed E-state index contributed by atoms with van der Waals surface area (Å²) in [5.41, 5.74) is 0.450. The molecule has 1 amide bonds. The van der Waals surface area contributed by atoms with Gasteiger partial charge in [0.1, 0.15) is 6.54 Å². The predicted molar refractivity (Wildman–Crippen MR) is 94.4 cm³/mol. The van der Waals surface area contributed by atoms with Crippen molar-refractivity contribution in [1.82, 2.24) is 9.88 Å². The van der Waals surface area contributed by atoms with Crippen LogP contribution in [0.4, 0.5) is 5.69 Å². The van der Waals surface area contributed by atoms with Crippen molar-refractivity contribution in [3.63, 3.8) is 0 Å². The fraction of sp³-hybridized carbons (Fsp3) is 0.333. The summed E-state index contributed by atoms with van der Waals surface area (Å²) >= 11 is 0. The van der Waals surface area contributed by atoms with Gasteiger partial charge in [0.25, 0.3) is 11.2 Å². The van der Waals surface area contributed by atoms with Gasteiger partial charge in [0.2, 0.25) is 5.91 Å². The standard InChI is InChI=1S/C18H21N3O4/c1-13(2)16(14-6-4-3-5-7-14)10-19-17(22)12-20-11-15(21(24)25)8-9-18(20)23/h3-9,11,13,16H,10,12H2,1-2H3,(H,19,22). The molecule has 1 N–H and O–H groups in total. The van der Waals surface area contributed by atoms with Gasteiger partial charge in [-0.2, -0.15) is 0 Å². The van der Waals surface area contributed by atoms with E-state index in [1.165, 1.54) is 0 Å². The number of nitrogens with one attached hydrogen (secondary N) is 1. The summed E-state index contributed by atoms with van der Waals surface area (Å²) in [4.78, 5) is 34.1. The van der Waals surface area contributed by atoms with Gasteiger partial charge >= 0.3 is 0 Å². The number of nitrogens with zero attached hydrogens (tertiary/aromatic N) is 2. The lowest BCUT2D eigenvalue weighted by molar-refractivity contribution is -0.385. The highest BCUT2D eigenvalue weighted by Gasteiger charge is 2.17. The van der Waals surface area contributed by atoms with Crippen molar-refractivity contribution in [2.75, 3.05) is 6.54 Å². The molecule has 0 bridgehead atoms. The van der Waals surface area contributed by atoms with Gasteiger partial charge in [-0.3, -0.25) is 24.3 Å². The molecule has 1 unspecified atom stereocenters. The monoisotopic (exact) mass is 343 g/mol. The summed E-state index contributed by atoms with van der Waals surface area (Å²) in [7, 11) is 0. The quantitative estimate of drug-likeness (QED) is 0.616. The maximum absolute atomic E-state index is 12.2. The molecule has 0 spiro atoms. The van der Waals surface area contributed by atoms with Crippen LogP contribution in [0.5, 0.6) is 0 Å². The SMILES string of the molecule is CC(C)C(CNC(=O)Cn1cc([N+](=O)[O-])ccc1=O)c1ccccc1. The van der Waals surface area contributed by atoms with E-state index in [4.69, 9.17) is 0 Å². The van der Waals surface area contributed by atoms with Crippen molar-refractivity contribution in [2.24, 2.45) is 5.92 Å². The first kappa shape index (κ1) is 18.4. The molecule has 2 rings (SSSR count). The number of carbonyl (C=O) groups is 1. The molecule has 0 aliphatic rings. The van der Waals surface area contributed by atoms with Crippen LogP contribution < -0.4 is 10.9 Å². The first-order valence-electron chi connectivity index (χ1n) is 8.05. The van der Waals surface area contributed by atoms with Crippen LogP contribution in [0, 0.1) is 16.0 Å². The van der Waals surface area contributed by atoms with E-state index in [2.05, 4.69) is 19.2 Å². The summed E-state index contributed by atoms with van der Waals surface area (Å²) in [6.07, 6.45) is 1.08. The average molecular weight is 343 g/mol. The Balaban J connectivity index is 2.04. The molecule has 1 heterocycles. The molecular formula is C18H21N3O4. The van der Waals surface area contributed by atoms with Crippen molar-refractivity contribution in [3.8, 4) is 0 Å². The summed E-state index contributed by atoms with van der Waals surface area (Å²) in [5, 5.41) is 13.6. The highest BCUT2D eigenvalue weighted by molar-refractivity contribution is 5.75. The maximum atomic E-state index is 12.2. The van der Waals surface area contributed by atoms with Gasteiger partial charge in [-0.15, -0.1) is 0 Å². The number of carbonyl (C=O) groups excluding carboxylic acids is 1. The zero-order valence-corrected chi connectivity index (χ0v) is 14.2. The second-order valence-electron chi connectivity index (χ2n) is 6.18. The van der Waals surface area contributed by atoms with Crippen LogP contribution in [0.3, 0.4) is 0 Å². The van der Waals surface area contributed by atoms with E-state index in [0.717, 1.165) is 28.5 Å². The van der Waals surface area contributed by atoms with Crippen LogP contribution in [-0.2, 0) is 11.3 Å². The molecule has 25 heavy (non-hydrogen) atoms. The smallest absolute Gasteiger partial charge is 0.285 e. The molecule has 1 aromatic heterocycles. The zero-order chi connectivity index (χ0) is 18.4. The van der Waals surface area contributed by atoms with Crippen molar-refractivity contribution in [3.05, 3.63) is 74.7 Å². The maximum Gasteiger partial charge on any atom is 0.285 e. The van der Waals surface area contributed by atoms with Crippen molar-refractivity contribution in [2.45, 2.75) is 26.3 Å². The highest BCUT2D eigenvalue weighted by Crippen LogP contribution is 2.23. The Morgan fingerprint density at radius 1 is 1.20 bits per heavy atom. The number of pyridine rings is 1.